The molecule has 1 aromatic heterocycles. The molecule has 104 valence electrons. The maximum Gasteiger partial charge on any atom is 0.416 e. The lowest BCUT2D eigenvalue weighted by Crippen LogP contribution is -2.08. The fraction of sp³-hybridized carbons (Fsp3) is 0.0909. The normalized spacial score (nSPS) is 11.4. The van der Waals surface area contributed by atoms with E-state index in [0.717, 1.165) is 10.9 Å². The molecular weight excluding hydrogens is 300 g/mol. The van der Waals surface area contributed by atoms with Crippen molar-refractivity contribution in [1.29, 1.82) is 5.26 Å². The molecular formula is C11H5ClF4N4. The molecule has 0 amide bonds. The number of hydrogen-bond donors (Lipinski definition) is 1. The van der Waals surface area contributed by atoms with Crippen LogP contribution in [-0.4, -0.2) is 9.78 Å². The third-order valence-corrected chi connectivity index (χ3v) is 2.71. The van der Waals surface area contributed by atoms with Crippen LogP contribution < -0.4 is 5.73 Å². The number of rotatable bonds is 1. The molecule has 1 heterocycles. The Morgan fingerprint density at radius 1 is 1.35 bits per heavy atom. The van der Waals surface area contributed by atoms with Gasteiger partial charge in [0.05, 0.1) is 22.5 Å². The summed E-state index contributed by atoms with van der Waals surface area (Å²) in [4.78, 5) is 0. The number of alkyl halides is 3. The summed E-state index contributed by atoms with van der Waals surface area (Å²) < 4.78 is 52.1. The van der Waals surface area contributed by atoms with Gasteiger partial charge in [-0.2, -0.15) is 23.5 Å². The predicted molar refractivity (Wildman–Crippen MR) is 62.7 cm³/mol. The largest absolute Gasteiger partial charge is 0.416 e. The fourth-order valence-corrected chi connectivity index (χ4v) is 1.83. The van der Waals surface area contributed by atoms with Crippen LogP contribution in [0.1, 0.15) is 11.3 Å². The topological polar surface area (TPSA) is 67.6 Å². The Bertz CT molecular complexity index is 691. The van der Waals surface area contributed by atoms with E-state index in [1.807, 2.05) is 0 Å². The van der Waals surface area contributed by atoms with Gasteiger partial charge in [-0.05, 0) is 12.1 Å². The summed E-state index contributed by atoms with van der Waals surface area (Å²) in [6, 6.07) is 2.53. The van der Waals surface area contributed by atoms with Crippen LogP contribution in [0.3, 0.4) is 0 Å². The second-order valence-corrected chi connectivity index (χ2v) is 4.18. The maximum atomic E-state index is 13.8. The van der Waals surface area contributed by atoms with Gasteiger partial charge in [0, 0.05) is 0 Å². The molecule has 0 radical (unpaired) electrons. The Morgan fingerprint density at radius 2 is 2.00 bits per heavy atom. The molecule has 0 bridgehead atoms. The monoisotopic (exact) mass is 304 g/mol. The Labute approximate surface area is 115 Å². The van der Waals surface area contributed by atoms with Gasteiger partial charge in [0.15, 0.2) is 11.5 Å². The number of nitrogens with zero attached hydrogens (tertiary/aromatic N) is 3. The zero-order valence-corrected chi connectivity index (χ0v) is 10.3. The van der Waals surface area contributed by atoms with E-state index in [1.54, 1.807) is 6.07 Å². The molecule has 2 rings (SSSR count). The summed E-state index contributed by atoms with van der Waals surface area (Å²) in [6.45, 7) is 0. The van der Waals surface area contributed by atoms with Crippen molar-refractivity contribution in [3.63, 3.8) is 0 Å². The van der Waals surface area contributed by atoms with Crippen molar-refractivity contribution in [2.24, 2.45) is 0 Å². The first-order valence-electron chi connectivity index (χ1n) is 5.06. The Kier molecular flexibility index (Phi) is 3.31. The molecule has 0 saturated carbocycles. The Balaban J connectivity index is 2.61. The fourth-order valence-electron chi connectivity index (χ4n) is 1.54. The van der Waals surface area contributed by atoms with Crippen LogP contribution in [0.25, 0.3) is 5.69 Å². The SMILES string of the molecule is N#Cc1nn(-c2c(F)cc(C(F)(F)F)cc2Cl)cc1N. The smallest absolute Gasteiger partial charge is 0.395 e. The van der Waals surface area contributed by atoms with Crippen LogP contribution in [0, 0.1) is 17.1 Å². The van der Waals surface area contributed by atoms with Gasteiger partial charge in [-0.1, -0.05) is 11.6 Å². The van der Waals surface area contributed by atoms with E-state index in [9.17, 15) is 17.6 Å². The van der Waals surface area contributed by atoms with Gasteiger partial charge in [-0.3, -0.25) is 0 Å². The first-order chi connectivity index (χ1) is 9.24. The predicted octanol–water partition coefficient (Wildman–Crippen LogP) is 3.14. The number of nitrogens with two attached hydrogens (primary N) is 1. The molecule has 2 N–H and O–H groups in total. The summed E-state index contributed by atoms with van der Waals surface area (Å²) in [6.07, 6.45) is -3.62. The number of benzene rings is 1. The zero-order valence-electron chi connectivity index (χ0n) is 9.54. The quantitative estimate of drug-likeness (QED) is 0.823. The van der Waals surface area contributed by atoms with Gasteiger partial charge in [0.1, 0.15) is 11.8 Å². The number of anilines is 1. The number of halogens is 5. The van der Waals surface area contributed by atoms with E-state index in [4.69, 9.17) is 22.6 Å². The molecule has 0 aliphatic rings. The molecule has 2 aromatic rings. The van der Waals surface area contributed by atoms with Crippen molar-refractivity contribution in [2.75, 3.05) is 5.73 Å². The molecule has 0 atom stereocenters. The van der Waals surface area contributed by atoms with Crippen molar-refractivity contribution >= 4 is 17.3 Å². The van der Waals surface area contributed by atoms with E-state index in [0.29, 0.717) is 12.1 Å². The minimum Gasteiger partial charge on any atom is -0.395 e. The molecule has 1 aromatic carbocycles. The van der Waals surface area contributed by atoms with Crippen LogP contribution in [0.5, 0.6) is 0 Å². The molecule has 0 spiro atoms. The maximum absolute atomic E-state index is 13.8. The number of aromatic nitrogens is 2. The minimum absolute atomic E-state index is 0.0390. The molecule has 0 aliphatic carbocycles. The standard InChI is InChI=1S/C11H5ClF4N4/c12-6-1-5(11(14,15)16)2-7(13)10(6)20-4-8(18)9(3-17)19-20/h1-2,4H,18H2. The summed E-state index contributed by atoms with van der Waals surface area (Å²) in [5.74, 6) is -1.23. The second kappa shape index (κ2) is 4.68. The summed E-state index contributed by atoms with van der Waals surface area (Å²) in [7, 11) is 0. The average molecular weight is 305 g/mol. The first-order valence-corrected chi connectivity index (χ1v) is 5.43. The lowest BCUT2D eigenvalue weighted by molar-refractivity contribution is -0.137. The lowest BCUT2D eigenvalue weighted by atomic mass is 10.2. The van der Waals surface area contributed by atoms with E-state index in [1.165, 1.54) is 0 Å². The van der Waals surface area contributed by atoms with Crippen LogP contribution >= 0.6 is 11.6 Å². The van der Waals surface area contributed by atoms with Crippen molar-refractivity contribution in [3.8, 4) is 11.8 Å². The Hall–Kier alpha value is -2.27. The van der Waals surface area contributed by atoms with Crippen LogP contribution in [0.4, 0.5) is 23.2 Å². The van der Waals surface area contributed by atoms with Crippen molar-refractivity contribution in [1.82, 2.24) is 9.78 Å². The summed E-state index contributed by atoms with van der Waals surface area (Å²) in [5, 5.41) is 11.8. The summed E-state index contributed by atoms with van der Waals surface area (Å²) in [5.41, 5.74) is 3.59. The highest BCUT2D eigenvalue weighted by atomic mass is 35.5. The van der Waals surface area contributed by atoms with Crippen LogP contribution in [-0.2, 0) is 6.18 Å². The van der Waals surface area contributed by atoms with Gasteiger partial charge in [0.2, 0.25) is 0 Å². The molecule has 4 nitrogen and oxygen atoms in total. The van der Waals surface area contributed by atoms with Gasteiger partial charge in [0.25, 0.3) is 0 Å². The highest BCUT2D eigenvalue weighted by Gasteiger charge is 2.32. The lowest BCUT2D eigenvalue weighted by Gasteiger charge is -2.11. The van der Waals surface area contributed by atoms with Gasteiger partial charge >= 0.3 is 6.18 Å². The zero-order chi connectivity index (χ0) is 15.1. The molecule has 9 heteroatoms. The highest BCUT2D eigenvalue weighted by molar-refractivity contribution is 6.32. The van der Waals surface area contributed by atoms with E-state index in [2.05, 4.69) is 5.10 Å². The van der Waals surface area contributed by atoms with Crippen molar-refractivity contribution < 1.29 is 17.6 Å². The molecule has 0 aliphatic heterocycles. The van der Waals surface area contributed by atoms with Crippen molar-refractivity contribution in [3.05, 3.63) is 40.4 Å². The molecule has 0 fully saturated rings. The summed E-state index contributed by atoms with van der Waals surface area (Å²) >= 11 is 5.66. The Morgan fingerprint density at radius 3 is 2.45 bits per heavy atom. The van der Waals surface area contributed by atoms with E-state index >= 15 is 0 Å². The number of nitriles is 1. The number of nitrogen functional groups attached to an aromatic ring is 1. The minimum atomic E-state index is -4.72. The first kappa shape index (κ1) is 14.1. The molecule has 0 saturated heterocycles. The van der Waals surface area contributed by atoms with E-state index in [-0.39, 0.29) is 11.4 Å². The third kappa shape index (κ3) is 2.40. The second-order valence-electron chi connectivity index (χ2n) is 3.78. The highest BCUT2D eigenvalue weighted by Crippen LogP contribution is 2.35. The van der Waals surface area contributed by atoms with Crippen LogP contribution in [0.15, 0.2) is 18.3 Å². The van der Waals surface area contributed by atoms with Gasteiger partial charge in [-0.15, -0.1) is 0 Å². The van der Waals surface area contributed by atoms with E-state index < -0.39 is 28.3 Å². The molecule has 0 unspecified atom stereocenters. The van der Waals surface area contributed by atoms with Gasteiger partial charge in [-0.25, -0.2) is 9.07 Å². The average Bonchev–Trinajstić information content (AvgIpc) is 2.68. The van der Waals surface area contributed by atoms with Crippen LogP contribution in [0.2, 0.25) is 5.02 Å². The van der Waals surface area contributed by atoms with Gasteiger partial charge < -0.3 is 5.73 Å². The van der Waals surface area contributed by atoms with Crippen molar-refractivity contribution in [2.45, 2.75) is 6.18 Å². The number of hydrogen-bond acceptors (Lipinski definition) is 3. The third-order valence-electron chi connectivity index (χ3n) is 2.42. The molecule has 20 heavy (non-hydrogen) atoms.